The first-order valence-corrected chi connectivity index (χ1v) is 39.4. The summed E-state index contributed by atoms with van der Waals surface area (Å²) in [5, 5.41) is 57.4. The van der Waals surface area contributed by atoms with E-state index in [1.807, 2.05) is 6.08 Å². The van der Waals surface area contributed by atoms with Gasteiger partial charge in [-0.05, 0) is 64.2 Å². The molecule has 1 amide bonds. The van der Waals surface area contributed by atoms with E-state index in [2.05, 4.69) is 62.5 Å². The van der Waals surface area contributed by atoms with Gasteiger partial charge in [0.1, 0.15) is 24.4 Å². The van der Waals surface area contributed by atoms with Gasteiger partial charge >= 0.3 is 5.97 Å². The van der Waals surface area contributed by atoms with Crippen LogP contribution in [0.25, 0.3) is 0 Å². The summed E-state index contributed by atoms with van der Waals surface area (Å²) in [7, 11) is 0. The normalized spacial score (nSPS) is 18.2. The maximum absolute atomic E-state index is 13.5. The number of allylic oxidation sites excluding steroid dienone is 7. The van der Waals surface area contributed by atoms with Crippen LogP contribution in [0.1, 0.15) is 387 Å². The van der Waals surface area contributed by atoms with Crippen molar-refractivity contribution in [2.75, 3.05) is 13.2 Å². The molecule has 11 nitrogen and oxygen atoms in total. The van der Waals surface area contributed by atoms with E-state index in [1.54, 1.807) is 6.08 Å². The molecule has 0 bridgehead atoms. The van der Waals surface area contributed by atoms with Gasteiger partial charge in [0.25, 0.3) is 0 Å². The Morgan fingerprint density at radius 1 is 0.429 bits per heavy atom. The van der Waals surface area contributed by atoms with Crippen LogP contribution in [0, 0.1) is 0 Å². The number of hydrogen-bond donors (Lipinski definition) is 6. The minimum Gasteiger partial charge on any atom is -0.454 e. The molecule has 8 atom stereocenters. The molecule has 1 fully saturated rings. The second-order valence-corrected chi connectivity index (χ2v) is 27.5. The van der Waals surface area contributed by atoms with Crippen LogP contribution < -0.4 is 5.32 Å². The lowest BCUT2D eigenvalue weighted by atomic mass is 9.99. The van der Waals surface area contributed by atoms with Gasteiger partial charge in [0.2, 0.25) is 5.91 Å². The summed E-state index contributed by atoms with van der Waals surface area (Å²) in [5.74, 6) is -1.18. The molecule has 1 aliphatic heterocycles. The summed E-state index contributed by atoms with van der Waals surface area (Å²) in [6.45, 7) is 5.82. The number of hydrogen-bond acceptors (Lipinski definition) is 10. The topological polar surface area (TPSA) is 175 Å². The molecule has 0 aromatic carbocycles. The van der Waals surface area contributed by atoms with Gasteiger partial charge in [0.05, 0.1) is 25.4 Å². The Morgan fingerprint density at radius 2 is 0.758 bits per heavy atom. The summed E-state index contributed by atoms with van der Waals surface area (Å²) in [5.41, 5.74) is 0. The van der Waals surface area contributed by atoms with Crippen LogP contribution in [0.15, 0.2) is 48.6 Å². The van der Waals surface area contributed by atoms with Gasteiger partial charge in [-0.2, -0.15) is 0 Å². The van der Waals surface area contributed by atoms with Crippen LogP contribution in [-0.4, -0.2) is 99.6 Å². The molecule has 0 radical (unpaired) electrons. The Morgan fingerprint density at radius 3 is 1.15 bits per heavy atom. The molecular formula is C80H149NO10. The fraction of sp³-hybridized carbons (Fsp3) is 0.875. The summed E-state index contributed by atoms with van der Waals surface area (Å²) in [6, 6.07) is -1.02. The lowest BCUT2D eigenvalue weighted by Crippen LogP contribution is -2.61. The Hall–Kier alpha value is -2.38. The predicted molar refractivity (Wildman–Crippen MR) is 384 cm³/mol. The molecule has 0 aromatic rings. The van der Waals surface area contributed by atoms with Crippen molar-refractivity contribution in [1.29, 1.82) is 0 Å². The molecule has 6 N–H and O–H groups in total. The van der Waals surface area contributed by atoms with Gasteiger partial charge in [-0.25, -0.2) is 0 Å². The number of carbonyl (C=O) groups is 2. The molecule has 1 heterocycles. The maximum Gasteiger partial charge on any atom is 0.306 e. The zero-order chi connectivity index (χ0) is 66.0. The van der Waals surface area contributed by atoms with Crippen molar-refractivity contribution in [1.82, 2.24) is 5.32 Å². The molecule has 91 heavy (non-hydrogen) atoms. The van der Waals surface area contributed by atoms with E-state index in [0.29, 0.717) is 19.3 Å². The molecule has 11 heteroatoms. The third-order valence-corrected chi connectivity index (χ3v) is 18.7. The second kappa shape index (κ2) is 67.6. The minimum atomic E-state index is -1.61. The van der Waals surface area contributed by atoms with Crippen LogP contribution in [0.5, 0.6) is 0 Å². The zero-order valence-corrected chi connectivity index (χ0v) is 59.7. The van der Waals surface area contributed by atoms with Crippen molar-refractivity contribution >= 4 is 11.9 Å². The molecule has 534 valence electrons. The second-order valence-electron chi connectivity index (χ2n) is 27.5. The number of aliphatic hydroxyl groups is 5. The SMILES string of the molecule is CCCCC/C=C\C/C=C\C/C=C\CCCCCCCCCCCCCCC(=O)OC1C(OCC(NC(=O)C(O)CCCCCCCCCCCCCCCCCCCCCCCCCCCC)C(O)/C=C/CCCCCCCCCCC)OC(CO)C(O)C1O. The van der Waals surface area contributed by atoms with E-state index >= 15 is 0 Å². The summed E-state index contributed by atoms with van der Waals surface area (Å²) in [4.78, 5) is 26.7. The van der Waals surface area contributed by atoms with Gasteiger partial charge in [0.15, 0.2) is 12.4 Å². The van der Waals surface area contributed by atoms with Crippen molar-refractivity contribution in [3.63, 3.8) is 0 Å². The lowest BCUT2D eigenvalue weighted by molar-refractivity contribution is -0.305. The van der Waals surface area contributed by atoms with E-state index in [4.69, 9.17) is 14.2 Å². The molecule has 0 saturated carbocycles. The molecule has 1 aliphatic rings. The average molecular weight is 1290 g/mol. The van der Waals surface area contributed by atoms with Crippen LogP contribution in [-0.2, 0) is 23.8 Å². The fourth-order valence-electron chi connectivity index (χ4n) is 12.5. The van der Waals surface area contributed by atoms with Crippen molar-refractivity contribution in [3.8, 4) is 0 Å². The zero-order valence-electron chi connectivity index (χ0n) is 59.7. The van der Waals surface area contributed by atoms with Gasteiger partial charge in [-0.1, -0.05) is 365 Å². The number of carbonyl (C=O) groups excluding carboxylic acids is 2. The van der Waals surface area contributed by atoms with E-state index < -0.39 is 67.4 Å². The van der Waals surface area contributed by atoms with Crippen LogP contribution in [0.3, 0.4) is 0 Å². The van der Waals surface area contributed by atoms with Crippen molar-refractivity contribution < 1.29 is 49.3 Å². The number of amides is 1. The predicted octanol–water partition coefficient (Wildman–Crippen LogP) is 21.1. The van der Waals surface area contributed by atoms with Gasteiger partial charge in [-0.3, -0.25) is 9.59 Å². The van der Waals surface area contributed by atoms with Gasteiger partial charge in [-0.15, -0.1) is 0 Å². The highest BCUT2D eigenvalue weighted by molar-refractivity contribution is 5.80. The van der Waals surface area contributed by atoms with Crippen molar-refractivity contribution in [2.24, 2.45) is 0 Å². The molecule has 1 saturated heterocycles. The number of unbranched alkanes of at least 4 members (excludes halogenated alkanes) is 49. The third-order valence-electron chi connectivity index (χ3n) is 18.7. The number of nitrogens with one attached hydrogen (secondary N) is 1. The third kappa shape index (κ3) is 54.4. The van der Waals surface area contributed by atoms with Gasteiger partial charge < -0.3 is 45.1 Å². The number of aliphatic hydroxyl groups excluding tert-OH is 5. The summed E-state index contributed by atoms with van der Waals surface area (Å²) >= 11 is 0. The first kappa shape index (κ1) is 86.6. The Balaban J connectivity index is 2.47. The number of ether oxygens (including phenoxy) is 3. The molecule has 0 aromatic heterocycles. The van der Waals surface area contributed by atoms with Gasteiger partial charge in [0, 0.05) is 6.42 Å². The monoisotopic (exact) mass is 1280 g/mol. The maximum atomic E-state index is 13.5. The highest BCUT2D eigenvalue weighted by Gasteiger charge is 2.47. The van der Waals surface area contributed by atoms with E-state index in [9.17, 15) is 35.1 Å². The fourth-order valence-corrected chi connectivity index (χ4v) is 12.5. The smallest absolute Gasteiger partial charge is 0.306 e. The van der Waals surface area contributed by atoms with Crippen LogP contribution in [0.2, 0.25) is 0 Å². The standard InChI is InChI=1S/C80H149NO10/c1-4-7-10-13-16-19-22-24-26-28-30-32-34-36-38-39-41-43-45-47-49-52-55-58-61-64-67-73(84)79(88)81-71(72(83)66-63-60-57-54-51-21-18-15-12-9-6-3)70-89-80-78(77(87)76(86)74(69-82)90-80)91-75(85)68-65-62-59-56-53-50-48-46-44-42-40-37-35-33-31-29-27-25-23-20-17-14-11-8-5-2/h17,20,25,27,31,33,63,66,71-74,76-78,80,82-84,86-87H,4-16,18-19,21-24,26,28-30,32,34-62,64-65,67-70H2,1-3H3,(H,81,88)/b20-17-,27-25-,33-31-,66-63+. The van der Waals surface area contributed by atoms with E-state index in [1.165, 1.54) is 270 Å². The minimum absolute atomic E-state index is 0.123. The van der Waals surface area contributed by atoms with E-state index in [0.717, 1.165) is 70.6 Å². The molecule has 0 aliphatic carbocycles. The molecule has 0 spiro atoms. The van der Waals surface area contributed by atoms with Crippen molar-refractivity contribution in [2.45, 2.75) is 436 Å². The van der Waals surface area contributed by atoms with Crippen molar-refractivity contribution in [3.05, 3.63) is 48.6 Å². The first-order chi connectivity index (χ1) is 44.7. The highest BCUT2D eigenvalue weighted by Crippen LogP contribution is 2.27. The lowest BCUT2D eigenvalue weighted by Gasteiger charge is -2.41. The Bertz CT molecular complexity index is 1670. The van der Waals surface area contributed by atoms with Crippen LogP contribution >= 0.6 is 0 Å². The summed E-state index contributed by atoms with van der Waals surface area (Å²) in [6.07, 6.45) is 76.0. The molecule has 1 rings (SSSR count). The molecule has 8 unspecified atom stereocenters. The van der Waals surface area contributed by atoms with E-state index in [-0.39, 0.29) is 13.0 Å². The largest absolute Gasteiger partial charge is 0.454 e. The van der Waals surface area contributed by atoms with Crippen LogP contribution in [0.4, 0.5) is 0 Å². The highest BCUT2D eigenvalue weighted by atomic mass is 16.7. The quantitative estimate of drug-likeness (QED) is 0.0195. The average Bonchev–Trinajstić information content (AvgIpc) is 1.13. The summed E-state index contributed by atoms with van der Waals surface area (Å²) < 4.78 is 17.7. The Kier molecular flexibility index (Phi) is 64.3. The number of esters is 1. The number of rotatable bonds is 69. The molecular weight excluding hydrogens is 1130 g/mol. The Labute approximate surface area is 561 Å². The first-order valence-electron chi connectivity index (χ1n) is 39.4.